The topological polar surface area (TPSA) is 21.3 Å². The van der Waals surface area contributed by atoms with Crippen molar-refractivity contribution in [3.63, 3.8) is 0 Å². The van der Waals surface area contributed by atoms with Gasteiger partial charge in [0.1, 0.15) is 5.75 Å². The van der Waals surface area contributed by atoms with Crippen molar-refractivity contribution in [1.82, 2.24) is 5.32 Å². The lowest BCUT2D eigenvalue weighted by Gasteiger charge is -2.15. The number of thiophene rings is 1. The molecule has 1 aromatic heterocycles. The Morgan fingerprint density at radius 3 is 2.38 bits per heavy atom. The van der Waals surface area contributed by atoms with E-state index in [2.05, 4.69) is 44.3 Å². The molecule has 1 aromatic carbocycles. The van der Waals surface area contributed by atoms with Crippen molar-refractivity contribution in [3.05, 3.63) is 51.2 Å². The highest BCUT2D eigenvalue weighted by molar-refractivity contribution is 7.16. The average molecular weight is 324 g/mol. The van der Waals surface area contributed by atoms with Gasteiger partial charge in [0.15, 0.2) is 0 Å². The molecule has 0 amide bonds. The van der Waals surface area contributed by atoms with Crippen LogP contribution in [0.2, 0.25) is 4.34 Å². The zero-order chi connectivity index (χ0) is 15.2. The SMILES string of the molecule is CC(C)COc1ccc(C(C)NCc2ccc(Cl)s2)cc1. The molecule has 1 atom stereocenters. The third-order valence-electron chi connectivity index (χ3n) is 3.17. The van der Waals surface area contributed by atoms with Crippen LogP contribution in [0.3, 0.4) is 0 Å². The summed E-state index contributed by atoms with van der Waals surface area (Å²) in [5, 5.41) is 3.51. The molecule has 0 radical (unpaired) electrons. The van der Waals surface area contributed by atoms with Gasteiger partial charge in [0, 0.05) is 17.5 Å². The zero-order valence-corrected chi connectivity index (χ0v) is 14.3. The van der Waals surface area contributed by atoms with Crippen molar-refractivity contribution in [3.8, 4) is 5.75 Å². The van der Waals surface area contributed by atoms with Crippen LogP contribution in [0.5, 0.6) is 5.75 Å². The molecule has 1 heterocycles. The van der Waals surface area contributed by atoms with Crippen LogP contribution in [0.15, 0.2) is 36.4 Å². The third kappa shape index (κ3) is 5.34. The molecule has 0 aliphatic rings. The van der Waals surface area contributed by atoms with Crippen molar-refractivity contribution < 1.29 is 4.74 Å². The molecule has 0 saturated heterocycles. The molecule has 1 unspecified atom stereocenters. The summed E-state index contributed by atoms with van der Waals surface area (Å²) in [6.07, 6.45) is 0. The molecule has 2 nitrogen and oxygen atoms in total. The van der Waals surface area contributed by atoms with E-state index in [-0.39, 0.29) is 0 Å². The van der Waals surface area contributed by atoms with Gasteiger partial charge in [-0.05, 0) is 42.7 Å². The second-order valence-electron chi connectivity index (χ2n) is 5.58. The van der Waals surface area contributed by atoms with Gasteiger partial charge in [0.25, 0.3) is 0 Å². The maximum Gasteiger partial charge on any atom is 0.119 e. The minimum absolute atomic E-state index is 0.296. The highest BCUT2D eigenvalue weighted by atomic mass is 35.5. The Bertz CT molecular complexity index is 550. The van der Waals surface area contributed by atoms with E-state index in [4.69, 9.17) is 16.3 Å². The summed E-state index contributed by atoms with van der Waals surface area (Å²) >= 11 is 7.56. The maximum atomic E-state index is 5.94. The minimum atomic E-state index is 0.296. The lowest BCUT2D eigenvalue weighted by Crippen LogP contribution is -2.17. The van der Waals surface area contributed by atoms with Gasteiger partial charge >= 0.3 is 0 Å². The van der Waals surface area contributed by atoms with Crippen LogP contribution in [0.25, 0.3) is 0 Å². The van der Waals surface area contributed by atoms with Gasteiger partial charge in [-0.2, -0.15) is 0 Å². The molecule has 1 N–H and O–H groups in total. The van der Waals surface area contributed by atoms with Crippen molar-refractivity contribution >= 4 is 22.9 Å². The molecule has 4 heteroatoms. The van der Waals surface area contributed by atoms with E-state index in [1.54, 1.807) is 11.3 Å². The monoisotopic (exact) mass is 323 g/mol. The van der Waals surface area contributed by atoms with Gasteiger partial charge in [-0.1, -0.05) is 37.6 Å². The predicted molar refractivity (Wildman–Crippen MR) is 91.4 cm³/mol. The van der Waals surface area contributed by atoms with E-state index in [9.17, 15) is 0 Å². The summed E-state index contributed by atoms with van der Waals surface area (Å²) in [5.74, 6) is 1.48. The van der Waals surface area contributed by atoms with Gasteiger partial charge in [0.2, 0.25) is 0 Å². The van der Waals surface area contributed by atoms with Gasteiger partial charge in [0.05, 0.1) is 10.9 Å². The number of ether oxygens (including phenoxy) is 1. The highest BCUT2D eigenvalue weighted by Crippen LogP contribution is 2.23. The molecule has 0 bridgehead atoms. The fourth-order valence-electron chi connectivity index (χ4n) is 1.93. The zero-order valence-electron chi connectivity index (χ0n) is 12.7. The van der Waals surface area contributed by atoms with E-state index in [1.807, 2.05) is 18.2 Å². The van der Waals surface area contributed by atoms with E-state index >= 15 is 0 Å². The van der Waals surface area contributed by atoms with Crippen LogP contribution >= 0.6 is 22.9 Å². The number of hydrogen-bond donors (Lipinski definition) is 1. The molecule has 0 aliphatic carbocycles. The second kappa shape index (κ2) is 7.83. The first-order valence-corrected chi connectivity index (χ1v) is 8.44. The minimum Gasteiger partial charge on any atom is -0.493 e. The van der Waals surface area contributed by atoms with Crippen LogP contribution in [-0.2, 0) is 6.54 Å². The summed E-state index contributed by atoms with van der Waals surface area (Å²) < 4.78 is 6.54. The number of rotatable bonds is 7. The highest BCUT2D eigenvalue weighted by Gasteiger charge is 2.06. The summed E-state index contributed by atoms with van der Waals surface area (Å²) in [6, 6.07) is 12.6. The quantitative estimate of drug-likeness (QED) is 0.747. The molecule has 2 rings (SSSR count). The first kappa shape index (κ1) is 16.3. The largest absolute Gasteiger partial charge is 0.493 e. The first-order valence-electron chi connectivity index (χ1n) is 7.25. The summed E-state index contributed by atoms with van der Waals surface area (Å²) in [4.78, 5) is 1.25. The maximum absolute atomic E-state index is 5.94. The lowest BCUT2D eigenvalue weighted by atomic mass is 10.1. The van der Waals surface area contributed by atoms with E-state index in [1.165, 1.54) is 10.4 Å². The molecular formula is C17H22ClNOS. The fraction of sp³-hybridized carbons (Fsp3) is 0.412. The number of halogens is 1. The lowest BCUT2D eigenvalue weighted by molar-refractivity contribution is 0.271. The van der Waals surface area contributed by atoms with Gasteiger partial charge in [-0.15, -0.1) is 11.3 Å². The number of benzene rings is 1. The Balaban J connectivity index is 1.85. The number of hydrogen-bond acceptors (Lipinski definition) is 3. The van der Waals surface area contributed by atoms with Crippen molar-refractivity contribution in [2.24, 2.45) is 5.92 Å². The average Bonchev–Trinajstić information content (AvgIpc) is 2.89. The van der Waals surface area contributed by atoms with Crippen molar-refractivity contribution in [1.29, 1.82) is 0 Å². The predicted octanol–water partition coefficient (Wildman–Crippen LogP) is 5.29. The fourth-order valence-corrected chi connectivity index (χ4v) is 2.97. The molecule has 0 fully saturated rings. The molecule has 114 valence electrons. The Labute approximate surface area is 136 Å². The Morgan fingerprint density at radius 2 is 1.81 bits per heavy atom. The third-order valence-corrected chi connectivity index (χ3v) is 4.41. The molecular weight excluding hydrogens is 302 g/mol. The normalized spacial score (nSPS) is 12.6. The summed E-state index contributed by atoms with van der Waals surface area (Å²) in [7, 11) is 0. The van der Waals surface area contributed by atoms with Gasteiger partial charge in [-0.3, -0.25) is 0 Å². The molecule has 0 aliphatic heterocycles. The van der Waals surface area contributed by atoms with Crippen LogP contribution in [0.1, 0.15) is 37.3 Å². The van der Waals surface area contributed by atoms with E-state index in [0.717, 1.165) is 23.2 Å². The summed E-state index contributed by atoms with van der Waals surface area (Å²) in [6.45, 7) is 8.06. The van der Waals surface area contributed by atoms with Crippen LogP contribution in [0.4, 0.5) is 0 Å². The molecule has 0 spiro atoms. The number of nitrogens with one attached hydrogen (secondary N) is 1. The van der Waals surface area contributed by atoms with Crippen molar-refractivity contribution in [2.75, 3.05) is 6.61 Å². The smallest absolute Gasteiger partial charge is 0.119 e. The van der Waals surface area contributed by atoms with Crippen LogP contribution in [-0.4, -0.2) is 6.61 Å². The Hall–Kier alpha value is -1.03. The standard InChI is InChI=1S/C17H22ClNOS/c1-12(2)11-20-15-6-4-14(5-7-15)13(3)19-10-16-8-9-17(18)21-16/h4-9,12-13,19H,10-11H2,1-3H3. The first-order chi connectivity index (χ1) is 10.0. The van der Waals surface area contributed by atoms with E-state index in [0.29, 0.717) is 12.0 Å². The molecule has 21 heavy (non-hydrogen) atoms. The van der Waals surface area contributed by atoms with Gasteiger partial charge < -0.3 is 10.1 Å². The Kier molecular flexibility index (Phi) is 6.09. The van der Waals surface area contributed by atoms with Crippen LogP contribution in [0, 0.1) is 5.92 Å². The summed E-state index contributed by atoms with van der Waals surface area (Å²) in [5.41, 5.74) is 1.26. The van der Waals surface area contributed by atoms with E-state index < -0.39 is 0 Å². The van der Waals surface area contributed by atoms with Crippen LogP contribution < -0.4 is 10.1 Å². The van der Waals surface area contributed by atoms with Gasteiger partial charge in [-0.25, -0.2) is 0 Å². The molecule has 0 saturated carbocycles. The van der Waals surface area contributed by atoms with Crippen molar-refractivity contribution in [2.45, 2.75) is 33.4 Å². The second-order valence-corrected chi connectivity index (χ2v) is 7.38. The molecule has 2 aromatic rings. The Morgan fingerprint density at radius 1 is 1.10 bits per heavy atom.